The van der Waals surface area contributed by atoms with Gasteiger partial charge in [-0.1, -0.05) is 36.4 Å². The number of nitrogens with zero attached hydrogens (tertiary/aromatic N) is 2. The van der Waals surface area contributed by atoms with Gasteiger partial charge in [0.1, 0.15) is 0 Å². The highest BCUT2D eigenvalue weighted by Crippen LogP contribution is 2.39. The first-order valence-electron chi connectivity index (χ1n) is 10.0. The largest absolute Gasteiger partial charge is 0.493 e. The molecule has 0 bridgehead atoms. The fourth-order valence-electron chi connectivity index (χ4n) is 4.72. The molecule has 4 heteroatoms. The van der Waals surface area contributed by atoms with E-state index < -0.39 is 0 Å². The van der Waals surface area contributed by atoms with E-state index >= 15 is 0 Å². The molecule has 0 amide bonds. The van der Waals surface area contributed by atoms with E-state index in [4.69, 9.17) is 9.47 Å². The Labute approximate surface area is 162 Å². The minimum atomic E-state index is 0.488. The van der Waals surface area contributed by atoms with E-state index in [1.807, 2.05) is 6.07 Å². The average Bonchev–Trinajstić information content (AvgIpc) is 2.73. The molecule has 2 unspecified atom stereocenters. The molecule has 2 aromatic carbocycles. The molecule has 0 saturated carbocycles. The maximum Gasteiger partial charge on any atom is 0.161 e. The Balaban J connectivity index is 1.47. The van der Waals surface area contributed by atoms with Crippen molar-refractivity contribution < 1.29 is 9.47 Å². The number of piperazine rings is 1. The second-order valence-corrected chi connectivity index (χ2v) is 7.67. The van der Waals surface area contributed by atoms with E-state index in [1.54, 1.807) is 14.2 Å². The molecule has 0 aromatic heterocycles. The average molecular weight is 367 g/mol. The lowest BCUT2D eigenvalue weighted by atomic mass is 9.89. The molecule has 2 aliphatic heterocycles. The second kappa shape index (κ2) is 8.32. The highest BCUT2D eigenvalue weighted by atomic mass is 16.5. The summed E-state index contributed by atoms with van der Waals surface area (Å²) < 4.78 is 10.9. The normalized spacial score (nSPS) is 23.6. The van der Waals surface area contributed by atoms with Gasteiger partial charge in [-0.3, -0.25) is 9.80 Å². The smallest absolute Gasteiger partial charge is 0.161 e. The molecule has 2 atom stereocenters. The topological polar surface area (TPSA) is 24.9 Å². The van der Waals surface area contributed by atoms with Crippen molar-refractivity contribution in [2.75, 3.05) is 33.9 Å². The summed E-state index contributed by atoms with van der Waals surface area (Å²) in [6, 6.07) is 18.4. The van der Waals surface area contributed by atoms with E-state index in [-0.39, 0.29) is 0 Å². The zero-order valence-corrected chi connectivity index (χ0v) is 16.4. The number of benzene rings is 2. The van der Waals surface area contributed by atoms with E-state index in [0.717, 1.165) is 31.1 Å². The Bertz CT molecular complexity index is 749. The summed E-state index contributed by atoms with van der Waals surface area (Å²) in [5.74, 6) is 1.64. The van der Waals surface area contributed by atoms with Crippen LogP contribution in [0.2, 0.25) is 0 Å². The number of methoxy groups -OCH3 is 2. The van der Waals surface area contributed by atoms with Crippen molar-refractivity contribution in [3.63, 3.8) is 0 Å². The predicted octanol–water partition coefficient (Wildman–Crippen LogP) is 4.12. The van der Waals surface area contributed by atoms with Crippen LogP contribution < -0.4 is 9.47 Å². The van der Waals surface area contributed by atoms with Gasteiger partial charge in [0, 0.05) is 38.3 Å². The van der Waals surface area contributed by atoms with Crippen LogP contribution in [0.15, 0.2) is 48.5 Å². The van der Waals surface area contributed by atoms with Gasteiger partial charge in [-0.05, 0) is 42.5 Å². The minimum Gasteiger partial charge on any atom is -0.493 e. The van der Waals surface area contributed by atoms with E-state index in [2.05, 4.69) is 52.3 Å². The second-order valence-electron chi connectivity index (χ2n) is 7.67. The van der Waals surface area contributed by atoms with E-state index in [9.17, 15) is 0 Å². The van der Waals surface area contributed by atoms with Crippen molar-refractivity contribution in [1.29, 1.82) is 0 Å². The Morgan fingerprint density at radius 1 is 0.926 bits per heavy atom. The number of ether oxygens (including phenoxy) is 2. The van der Waals surface area contributed by atoms with Gasteiger partial charge in [0.2, 0.25) is 0 Å². The first kappa shape index (κ1) is 18.3. The van der Waals surface area contributed by atoms with E-state index in [0.29, 0.717) is 12.1 Å². The number of piperidine rings is 1. The van der Waals surface area contributed by atoms with Crippen LogP contribution >= 0.6 is 0 Å². The number of hydrogen-bond donors (Lipinski definition) is 0. The molecule has 2 aliphatic rings. The van der Waals surface area contributed by atoms with Crippen molar-refractivity contribution in [3.8, 4) is 11.5 Å². The van der Waals surface area contributed by atoms with Crippen molar-refractivity contribution >= 4 is 0 Å². The lowest BCUT2D eigenvalue weighted by Crippen LogP contribution is -2.55. The molecule has 4 rings (SSSR count). The van der Waals surface area contributed by atoms with Crippen LogP contribution in [0, 0.1) is 0 Å². The summed E-state index contributed by atoms with van der Waals surface area (Å²) >= 11 is 0. The van der Waals surface area contributed by atoms with Gasteiger partial charge in [-0.15, -0.1) is 0 Å². The van der Waals surface area contributed by atoms with Crippen LogP contribution in [0.4, 0.5) is 0 Å². The minimum absolute atomic E-state index is 0.488. The Hall–Kier alpha value is -2.04. The van der Waals surface area contributed by atoms with Crippen LogP contribution in [0.3, 0.4) is 0 Å². The molecular formula is C23H30N2O2. The fourth-order valence-corrected chi connectivity index (χ4v) is 4.72. The lowest BCUT2D eigenvalue weighted by molar-refractivity contribution is 0.00633. The van der Waals surface area contributed by atoms with Gasteiger partial charge in [0.15, 0.2) is 11.5 Å². The summed E-state index contributed by atoms with van der Waals surface area (Å²) in [5.41, 5.74) is 2.77. The standard InChI is InChI=1S/C23H30N2O2/c1-26-22-12-11-19(15-23(22)27-2)21-10-6-9-20-17-24(13-14-25(20)21)16-18-7-4-3-5-8-18/h3-5,7-8,11-12,15,20-21H,6,9-10,13-14,16-17H2,1-2H3. The summed E-state index contributed by atoms with van der Waals surface area (Å²) in [5, 5.41) is 0. The zero-order valence-electron chi connectivity index (χ0n) is 16.4. The maximum absolute atomic E-state index is 5.54. The highest BCUT2D eigenvalue weighted by molar-refractivity contribution is 5.44. The Morgan fingerprint density at radius 3 is 2.52 bits per heavy atom. The molecule has 2 heterocycles. The first-order valence-corrected chi connectivity index (χ1v) is 10.0. The quantitative estimate of drug-likeness (QED) is 0.795. The monoisotopic (exact) mass is 366 g/mol. The van der Waals surface area contributed by atoms with Crippen molar-refractivity contribution in [2.24, 2.45) is 0 Å². The number of rotatable bonds is 5. The highest BCUT2D eigenvalue weighted by Gasteiger charge is 2.35. The molecule has 2 aromatic rings. The molecule has 27 heavy (non-hydrogen) atoms. The molecule has 0 spiro atoms. The van der Waals surface area contributed by atoms with Crippen LogP contribution in [-0.2, 0) is 6.54 Å². The molecule has 0 radical (unpaired) electrons. The maximum atomic E-state index is 5.54. The number of fused-ring (bicyclic) bond motifs is 1. The van der Waals surface area contributed by atoms with E-state index in [1.165, 1.54) is 36.9 Å². The molecule has 0 aliphatic carbocycles. The molecule has 4 nitrogen and oxygen atoms in total. The molecule has 2 saturated heterocycles. The summed E-state index contributed by atoms with van der Waals surface area (Å²) in [7, 11) is 3.41. The Morgan fingerprint density at radius 2 is 1.74 bits per heavy atom. The third-order valence-electron chi connectivity index (χ3n) is 6.07. The third-order valence-corrected chi connectivity index (χ3v) is 6.07. The summed E-state index contributed by atoms with van der Waals surface area (Å²) in [6.45, 7) is 4.50. The zero-order chi connectivity index (χ0) is 18.6. The van der Waals surface area contributed by atoms with Gasteiger partial charge in [-0.25, -0.2) is 0 Å². The van der Waals surface area contributed by atoms with Gasteiger partial charge in [-0.2, -0.15) is 0 Å². The van der Waals surface area contributed by atoms with Crippen molar-refractivity contribution in [3.05, 3.63) is 59.7 Å². The third kappa shape index (κ3) is 3.97. The summed E-state index contributed by atoms with van der Waals surface area (Å²) in [6.07, 6.45) is 3.82. The molecule has 144 valence electrons. The van der Waals surface area contributed by atoms with Crippen molar-refractivity contribution in [1.82, 2.24) is 9.80 Å². The van der Waals surface area contributed by atoms with Crippen molar-refractivity contribution in [2.45, 2.75) is 37.9 Å². The summed E-state index contributed by atoms with van der Waals surface area (Å²) in [4.78, 5) is 5.35. The van der Waals surface area contributed by atoms with Crippen LogP contribution in [-0.4, -0.2) is 49.7 Å². The number of hydrogen-bond acceptors (Lipinski definition) is 4. The SMILES string of the molecule is COc1ccc(C2CCCC3CN(Cc4ccccc4)CCN32)cc1OC. The van der Waals surface area contributed by atoms with Gasteiger partial charge in [0.25, 0.3) is 0 Å². The molecular weight excluding hydrogens is 336 g/mol. The van der Waals surface area contributed by atoms with Crippen LogP contribution in [0.1, 0.15) is 36.4 Å². The fraction of sp³-hybridized carbons (Fsp3) is 0.478. The van der Waals surface area contributed by atoms with Crippen LogP contribution in [0.25, 0.3) is 0 Å². The Kier molecular flexibility index (Phi) is 5.65. The molecule has 0 N–H and O–H groups in total. The lowest BCUT2D eigenvalue weighted by Gasteiger charge is -2.48. The van der Waals surface area contributed by atoms with Gasteiger partial charge in [0.05, 0.1) is 14.2 Å². The first-order chi connectivity index (χ1) is 13.3. The van der Waals surface area contributed by atoms with Gasteiger partial charge >= 0.3 is 0 Å². The molecule has 2 fully saturated rings. The van der Waals surface area contributed by atoms with Gasteiger partial charge < -0.3 is 9.47 Å². The van der Waals surface area contributed by atoms with Crippen LogP contribution in [0.5, 0.6) is 11.5 Å². The predicted molar refractivity (Wildman–Crippen MR) is 108 cm³/mol.